The summed E-state index contributed by atoms with van der Waals surface area (Å²) >= 11 is 0. The second-order valence-electron chi connectivity index (χ2n) is 4.17. The van der Waals surface area contributed by atoms with Crippen LogP contribution in [0.3, 0.4) is 0 Å². The van der Waals surface area contributed by atoms with Crippen LogP contribution in [-0.2, 0) is 4.74 Å². The molecule has 1 aliphatic heterocycles. The maximum Gasteiger partial charge on any atom is 0.132 e. The summed E-state index contributed by atoms with van der Waals surface area (Å²) in [5.74, 6) is 0.904. The van der Waals surface area contributed by atoms with Gasteiger partial charge in [0, 0.05) is 24.8 Å². The van der Waals surface area contributed by atoms with Gasteiger partial charge in [0.25, 0.3) is 0 Å². The van der Waals surface area contributed by atoms with Crippen LogP contribution >= 0.6 is 0 Å². The average molecular weight is 223 g/mol. The molecule has 0 saturated carbocycles. The molecule has 2 unspecified atom stereocenters. The number of aryl methyl sites for hydroxylation is 1. The highest BCUT2D eigenvalue weighted by molar-refractivity contribution is 5.39. The Labute approximate surface area is 95.1 Å². The van der Waals surface area contributed by atoms with Crippen LogP contribution in [0.4, 0.5) is 5.82 Å². The van der Waals surface area contributed by atoms with Crippen LogP contribution in [0.2, 0.25) is 0 Å². The van der Waals surface area contributed by atoms with Crippen molar-refractivity contribution in [3.63, 3.8) is 0 Å². The molecule has 0 aromatic carbocycles. The fraction of sp³-hybridized carbons (Fsp3) is 0.636. The number of nitrogens with zero attached hydrogens (tertiary/aromatic N) is 3. The van der Waals surface area contributed by atoms with E-state index in [1.54, 1.807) is 6.33 Å². The predicted octanol–water partition coefficient (Wildman–Crippen LogP) is 0.371. The topological polar surface area (TPSA) is 58.5 Å². The fourth-order valence-electron chi connectivity index (χ4n) is 1.95. The van der Waals surface area contributed by atoms with Crippen molar-refractivity contribution in [2.45, 2.75) is 26.1 Å². The summed E-state index contributed by atoms with van der Waals surface area (Å²) in [4.78, 5) is 10.4. The van der Waals surface area contributed by atoms with Gasteiger partial charge in [-0.05, 0) is 13.8 Å². The molecule has 1 aromatic heterocycles. The van der Waals surface area contributed by atoms with E-state index in [2.05, 4.69) is 14.9 Å². The third-order valence-electron chi connectivity index (χ3n) is 2.64. The third-order valence-corrected chi connectivity index (χ3v) is 2.64. The minimum atomic E-state index is -0.126. The molecule has 2 atom stereocenters. The zero-order valence-corrected chi connectivity index (χ0v) is 9.63. The van der Waals surface area contributed by atoms with Gasteiger partial charge in [0.2, 0.25) is 0 Å². The van der Waals surface area contributed by atoms with E-state index in [0.29, 0.717) is 6.54 Å². The highest BCUT2D eigenvalue weighted by Gasteiger charge is 2.25. The lowest BCUT2D eigenvalue weighted by Crippen LogP contribution is -2.48. The molecule has 2 heterocycles. The maximum atomic E-state index is 9.14. The second kappa shape index (κ2) is 4.76. The number of rotatable bonds is 2. The molecule has 5 nitrogen and oxygen atoms in total. The Morgan fingerprint density at radius 2 is 2.31 bits per heavy atom. The Bertz CT molecular complexity index is 359. The van der Waals surface area contributed by atoms with Crippen molar-refractivity contribution in [2.24, 2.45) is 0 Å². The number of hydrogen-bond acceptors (Lipinski definition) is 5. The number of aliphatic hydroxyl groups is 1. The molecule has 1 fully saturated rings. The lowest BCUT2D eigenvalue weighted by molar-refractivity contribution is -0.0423. The Morgan fingerprint density at radius 1 is 1.50 bits per heavy atom. The first-order chi connectivity index (χ1) is 7.69. The zero-order chi connectivity index (χ0) is 11.5. The molecule has 1 N–H and O–H groups in total. The summed E-state index contributed by atoms with van der Waals surface area (Å²) in [6, 6.07) is 1.95. The van der Waals surface area contributed by atoms with Crippen LogP contribution in [0.15, 0.2) is 12.4 Å². The molecular formula is C11H17N3O2. The normalized spacial score (nSPS) is 25.8. The first kappa shape index (κ1) is 11.3. The number of anilines is 1. The van der Waals surface area contributed by atoms with Gasteiger partial charge in [0.1, 0.15) is 12.1 Å². The van der Waals surface area contributed by atoms with Crippen LogP contribution in [0.1, 0.15) is 12.6 Å². The van der Waals surface area contributed by atoms with E-state index in [4.69, 9.17) is 9.84 Å². The standard InChI is InChI=1S/C11H17N3O2/c1-8-3-11(13-7-12-8)14-4-9(2)16-10(5-14)6-15/h3,7,9-10,15H,4-6H2,1-2H3. The quantitative estimate of drug-likeness (QED) is 0.785. The monoisotopic (exact) mass is 223 g/mol. The first-order valence-electron chi connectivity index (χ1n) is 5.49. The summed E-state index contributed by atoms with van der Waals surface area (Å²) < 4.78 is 5.58. The van der Waals surface area contributed by atoms with Gasteiger partial charge in [-0.2, -0.15) is 0 Å². The van der Waals surface area contributed by atoms with E-state index in [9.17, 15) is 0 Å². The molecule has 0 radical (unpaired) electrons. The molecule has 0 amide bonds. The highest BCUT2D eigenvalue weighted by Crippen LogP contribution is 2.17. The summed E-state index contributed by atoms with van der Waals surface area (Å²) in [5, 5.41) is 9.14. The van der Waals surface area contributed by atoms with Gasteiger partial charge in [-0.25, -0.2) is 9.97 Å². The molecule has 1 aliphatic rings. The minimum Gasteiger partial charge on any atom is -0.394 e. The molecule has 0 bridgehead atoms. The van der Waals surface area contributed by atoms with Crippen molar-refractivity contribution in [1.82, 2.24) is 9.97 Å². The Kier molecular flexibility index (Phi) is 3.36. The molecule has 16 heavy (non-hydrogen) atoms. The first-order valence-corrected chi connectivity index (χ1v) is 5.49. The Hall–Kier alpha value is -1.20. The van der Waals surface area contributed by atoms with E-state index in [1.165, 1.54) is 0 Å². The lowest BCUT2D eigenvalue weighted by Gasteiger charge is -2.36. The van der Waals surface area contributed by atoms with Crippen molar-refractivity contribution in [3.8, 4) is 0 Å². The zero-order valence-electron chi connectivity index (χ0n) is 9.63. The molecule has 1 saturated heterocycles. The lowest BCUT2D eigenvalue weighted by atomic mass is 10.2. The smallest absolute Gasteiger partial charge is 0.132 e. The summed E-state index contributed by atoms with van der Waals surface area (Å²) in [6.07, 6.45) is 1.55. The molecule has 0 aliphatic carbocycles. The van der Waals surface area contributed by atoms with Crippen LogP contribution in [-0.4, -0.2) is 47.0 Å². The fourth-order valence-corrected chi connectivity index (χ4v) is 1.95. The van der Waals surface area contributed by atoms with Crippen molar-refractivity contribution in [1.29, 1.82) is 0 Å². The summed E-state index contributed by atoms with van der Waals surface area (Å²) in [5.41, 5.74) is 0.949. The highest BCUT2D eigenvalue weighted by atomic mass is 16.5. The Morgan fingerprint density at radius 3 is 3.00 bits per heavy atom. The van der Waals surface area contributed by atoms with Crippen molar-refractivity contribution >= 4 is 5.82 Å². The Balaban J connectivity index is 2.14. The van der Waals surface area contributed by atoms with Gasteiger partial charge in [0.15, 0.2) is 0 Å². The van der Waals surface area contributed by atoms with Crippen LogP contribution < -0.4 is 4.90 Å². The van der Waals surface area contributed by atoms with Crippen molar-refractivity contribution < 1.29 is 9.84 Å². The summed E-state index contributed by atoms with van der Waals surface area (Å²) in [6.45, 7) is 5.47. The summed E-state index contributed by atoms with van der Waals surface area (Å²) in [7, 11) is 0. The van der Waals surface area contributed by atoms with E-state index in [0.717, 1.165) is 18.1 Å². The van der Waals surface area contributed by atoms with Gasteiger partial charge in [0.05, 0.1) is 18.8 Å². The van der Waals surface area contributed by atoms with Crippen molar-refractivity contribution in [3.05, 3.63) is 18.1 Å². The van der Waals surface area contributed by atoms with Gasteiger partial charge in [-0.1, -0.05) is 0 Å². The van der Waals surface area contributed by atoms with Crippen LogP contribution in [0, 0.1) is 6.92 Å². The number of aliphatic hydroxyl groups excluding tert-OH is 1. The SMILES string of the molecule is Cc1cc(N2CC(C)OC(CO)C2)ncn1. The van der Waals surface area contributed by atoms with E-state index < -0.39 is 0 Å². The van der Waals surface area contributed by atoms with Crippen LogP contribution in [0.25, 0.3) is 0 Å². The predicted molar refractivity (Wildman–Crippen MR) is 60.4 cm³/mol. The largest absolute Gasteiger partial charge is 0.394 e. The van der Waals surface area contributed by atoms with E-state index in [-0.39, 0.29) is 18.8 Å². The number of ether oxygens (including phenoxy) is 1. The van der Waals surface area contributed by atoms with E-state index >= 15 is 0 Å². The van der Waals surface area contributed by atoms with Gasteiger partial charge in [-0.3, -0.25) is 0 Å². The third kappa shape index (κ3) is 2.48. The molecule has 88 valence electrons. The molecule has 1 aromatic rings. The van der Waals surface area contributed by atoms with Gasteiger partial charge < -0.3 is 14.7 Å². The molecule has 0 spiro atoms. The molecular weight excluding hydrogens is 206 g/mol. The molecule has 5 heteroatoms. The second-order valence-corrected chi connectivity index (χ2v) is 4.17. The van der Waals surface area contributed by atoms with E-state index in [1.807, 2.05) is 19.9 Å². The minimum absolute atomic E-state index is 0.0465. The molecule has 2 rings (SSSR count). The number of hydrogen-bond donors (Lipinski definition) is 1. The van der Waals surface area contributed by atoms with Gasteiger partial charge >= 0.3 is 0 Å². The average Bonchev–Trinajstić information content (AvgIpc) is 2.28. The number of aromatic nitrogens is 2. The van der Waals surface area contributed by atoms with Crippen molar-refractivity contribution in [2.75, 3.05) is 24.6 Å². The van der Waals surface area contributed by atoms with Gasteiger partial charge in [-0.15, -0.1) is 0 Å². The maximum absolute atomic E-state index is 9.14. The number of morpholine rings is 1. The van der Waals surface area contributed by atoms with Crippen LogP contribution in [0.5, 0.6) is 0 Å².